The highest BCUT2D eigenvalue weighted by atomic mass is 16.5. The van der Waals surface area contributed by atoms with Crippen LogP contribution in [0.1, 0.15) is 57.9 Å². The zero-order chi connectivity index (χ0) is 24.8. The van der Waals surface area contributed by atoms with E-state index in [1.807, 2.05) is 17.0 Å². The molecular formula is C27H36N2O6. The minimum Gasteiger partial charge on any atom is -0.494 e. The van der Waals surface area contributed by atoms with Gasteiger partial charge in [-0.1, -0.05) is 19.8 Å². The molecular weight excluding hydrogens is 448 g/mol. The number of carbonyl (C=O) groups excluding carboxylic acids is 2. The Kier molecular flexibility index (Phi) is 8.44. The molecule has 2 aliphatic rings. The number of unbranched alkanes of at least 4 members (excludes halogenated alkanes) is 2. The molecule has 1 atom stereocenters. The van der Waals surface area contributed by atoms with Crippen molar-refractivity contribution in [2.75, 3.05) is 44.3 Å². The maximum atomic E-state index is 13.4. The predicted molar refractivity (Wildman–Crippen MR) is 134 cm³/mol. The highest BCUT2D eigenvalue weighted by Gasteiger charge is 2.32. The topological polar surface area (TPSA) is 89.3 Å². The van der Waals surface area contributed by atoms with Crippen LogP contribution in [0.25, 0.3) is 11.0 Å². The number of aryl methyl sites for hydroxylation is 1. The van der Waals surface area contributed by atoms with Crippen LogP contribution < -0.4 is 15.3 Å². The second kappa shape index (κ2) is 11.7. The molecule has 35 heavy (non-hydrogen) atoms. The molecule has 3 heterocycles. The van der Waals surface area contributed by atoms with E-state index in [0.29, 0.717) is 44.0 Å². The van der Waals surface area contributed by atoms with Gasteiger partial charge in [0.25, 0.3) is 0 Å². The molecule has 0 radical (unpaired) electrons. The normalized spacial score (nSPS) is 18.3. The summed E-state index contributed by atoms with van der Waals surface area (Å²) in [6, 6.07) is 5.52. The predicted octanol–water partition coefficient (Wildman–Crippen LogP) is 3.92. The quantitative estimate of drug-likeness (QED) is 0.303. The molecule has 190 valence electrons. The van der Waals surface area contributed by atoms with Crippen molar-refractivity contribution in [1.82, 2.24) is 4.90 Å². The average molecular weight is 485 g/mol. The minimum atomic E-state index is -0.486. The fourth-order valence-corrected chi connectivity index (χ4v) is 5.09. The van der Waals surface area contributed by atoms with E-state index < -0.39 is 5.63 Å². The van der Waals surface area contributed by atoms with Gasteiger partial charge < -0.3 is 18.8 Å². The van der Waals surface area contributed by atoms with Crippen LogP contribution in [0, 0.1) is 5.92 Å². The molecule has 8 heteroatoms. The van der Waals surface area contributed by atoms with Gasteiger partial charge in [0.2, 0.25) is 5.91 Å². The smallest absolute Gasteiger partial charge is 0.360 e. The monoisotopic (exact) mass is 484 g/mol. The Morgan fingerprint density at radius 3 is 2.80 bits per heavy atom. The van der Waals surface area contributed by atoms with Crippen LogP contribution in [-0.2, 0) is 20.7 Å². The van der Waals surface area contributed by atoms with Gasteiger partial charge in [0, 0.05) is 18.5 Å². The number of piperidine rings is 1. The van der Waals surface area contributed by atoms with Gasteiger partial charge in [-0.05, 0) is 69.3 Å². The maximum Gasteiger partial charge on any atom is 0.360 e. The summed E-state index contributed by atoms with van der Waals surface area (Å²) in [5.74, 6) is 0.184. The number of ether oxygens (including phenoxy) is 2. The Labute approximate surface area is 206 Å². The van der Waals surface area contributed by atoms with Crippen LogP contribution in [0.2, 0.25) is 0 Å². The van der Waals surface area contributed by atoms with Crippen LogP contribution in [0.5, 0.6) is 5.75 Å². The molecule has 0 bridgehead atoms. The number of benzene rings is 1. The van der Waals surface area contributed by atoms with Crippen molar-refractivity contribution in [3.8, 4) is 5.75 Å². The summed E-state index contributed by atoms with van der Waals surface area (Å²) < 4.78 is 16.7. The number of carbonyl (C=O) groups is 2. The lowest BCUT2D eigenvalue weighted by Crippen LogP contribution is -2.48. The molecule has 0 aliphatic carbocycles. The summed E-state index contributed by atoms with van der Waals surface area (Å²) in [7, 11) is 0. The van der Waals surface area contributed by atoms with Crippen molar-refractivity contribution in [3.63, 3.8) is 0 Å². The summed E-state index contributed by atoms with van der Waals surface area (Å²) >= 11 is 0. The number of likely N-dealkylation sites (tertiary alicyclic amines) is 1. The molecule has 8 nitrogen and oxygen atoms in total. The Hall–Kier alpha value is -2.87. The van der Waals surface area contributed by atoms with E-state index in [0.717, 1.165) is 61.8 Å². The molecule has 1 saturated heterocycles. The van der Waals surface area contributed by atoms with E-state index in [2.05, 4.69) is 6.92 Å². The minimum absolute atomic E-state index is 0.144. The third-order valence-corrected chi connectivity index (χ3v) is 6.84. The van der Waals surface area contributed by atoms with Gasteiger partial charge in [-0.15, -0.1) is 0 Å². The van der Waals surface area contributed by atoms with E-state index >= 15 is 0 Å². The van der Waals surface area contributed by atoms with Gasteiger partial charge in [-0.25, -0.2) is 4.79 Å². The third kappa shape index (κ3) is 5.86. The lowest BCUT2D eigenvalue weighted by molar-refractivity contribution is -0.150. The molecule has 1 fully saturated rings. The third-order valence-electron chi connectivity index (χ3n) is 6.84. The Bertz CT molecular complexity index is 1110. The number of rotatable bonds is 9. The number of esters is 1. The average Bonchev–Trinajstić information content (AvgIpc) is 2.87. The highest BCUT2D eigenvalue weighted by molar-refractivity contribution is 5.98. The lowest BCUT2D eigenvalue weighted by atomic mass is 9.97. The fourth-order valence-electron chi connectivity index (χ4n) is 5.09. The largest absolute Gasteiger partial charge is 0.494 e. The Morgan fingerprint density at radius 1 is 1.14 bits per heavy atom. The number of anilines is 1. The summed E-state index contributed by atoms with van der Waals surface area (Å²) in [5, 5.41) is 0.824. The second-order valence-electron chi connectivity index (χ2n) is 9.41. The molecule has 1 amide bonds. The Balaban J connectivity index is 1.53. The van der Waals surface area contributed by atoms with E-state index in [-0.39, 0.29) is 24.3 Å². The Morgan fingerprint density at radius 2 is 2.00 bits per heavy atom. The first-order chi connectivity index (χ1) is 17.0. The van der Waals surface area contributed by atoms with Gasteiger partial charge in [-0.2, -0.15) is 0 Å². The van der Waals surface area contributed by atoms with Gasteiger partial charge in [-0.3, -0.25) is 14.5 Å². The molecule has 0 N–H and O–H groups in total. The summed E-state index contributed by atoms with van der Waals surface area (Å²) in [5.41, 5.74) is 1.21. The van der Waals surface area contributed by atoms with E-state index in [1.165, 1.54) is 0 Å². The van der Waals surface area contributed by atoms with Crippen molar-refractivity contribution in [2.45, 2.75) is 58.8 Å². The molecule has 0 spiro atoms. The summed E-state index contributed by atoms with van der Waals surface area (Å²) in [6.07, 6.45) is 6.32. The zero-order valence-electron chi connectivity index (χ0n) is 20.8. The van der Waals surface area contributed by atoms with E-state index in [9.17, 15) is 14.4 Å². The van der Waals surface area contributed by atoms with Gasteiger partial charge >= 0.3 is 11.6 Å². The first-order valence-corrected chi connectivity index (χ1v) is 12.9. The molecule has 1 aromatic heterocycles. The number of nitrogens with zero attached hydrogens (tertiary/aromatic N) is 2. The first-order valence-electron chi connectivity index (χ1n) is 12.9. The van der Waals surface area contributed by atoms with E-state index in [4.69, 9.17) is 13.9 Å². The van der Waals surface area contributed by atoms with Crippen molar-refractivity contribution in [2.24, 2.45) is 5.92 Å². The van der Waals surface area contributed by atoms with Gasteiger partial charge in [0.1, 0.15) is 17.0 Å². The lowest BCUT2D eigenvalue weighted by Gasteiger charge is -2.34. The highest BCUT2D eigenvalue weighted by Crippen LogP contribution is 2.33. The molecule has 0 unspecified atom stereocenters. The summed E-state index contributed by atoms with van der Waals surface area (Å²) in [6.45, 7) is 6.83. The molecule has 4 rings (SSSR count). The fraction of sp³-hybridized carbons (Fsp3) is 0.593. The molecule has 2 aliphatic heterocycles. The summed E-state index contributed by atoms with van der Waals surface area (Å²) in [4.78, 5) is 42.1. The SMILES string of the molecule is CCCCCOc1ccc2oc(=O)c3c(c2c1)CCCN3C(=O)CN1CCC[C@H](C(=O)OCC)C1. The molecule has 2 aromatic rings. The van der Waals surface area contributed by atoms with Crippen molar-refractivity contribution < 1.29 is 23.5 Å². The van der Waals surface area contributed by atoms with Crippen molar-refractivity contribution in [3.05, 3.63) is 34.2 Å². The number of fused-ring (bicyclic) bond motifs is 3. The van der Waals surface area contributed by atoms with Crippen molar-refractivity contribution >= 4 is 28.5 Å². The van der Waals surface area contributed by atoms with Gasteiger partial charge in [0.15, 0.2) is 0 Å². The maximum absolute atomic E-state index is 13.4. The van der Waals surface area contributed by atoms with Gasteiger partial charge in [0.05, 0.1) is 25.7 Å². The van der Waals surface area contributed by atoms with Crippen LogP contribution in [0.4, 0.5) is 5.69 Å². The molecule has 1 aromatic carbocycles. The van der Waals surface area contributed by atoms with E-state index in [1.54, 1.807) is 17.9 Å². The standard InChI is InChI=1S/C27H36N2O6/c1-3-5-6-15-34-20-11-12-23-22(16-20)21-10-8-14-29(25(21)27(32)35-23)24(30)18-28-13-7-9-19(17-28)26(31)33-4-2/h11-12,16,19H,3-10,13-15,17-18H2,1-2H3/t19-/m0/s1. The van der Waals surface area contributed by atoms with Crippen LogP contribution in [0.3, 0.4) is 0 Å². The van der Waals surface area contributed by atoms with Crippen molar-refractivity contribution in [1.29, 1.82) is 0 Å². The van der Waals surface area contributed by atoms with Crippen LogP contribution in [-0.4, -0.2) is 56.2 Å². The zero-order valence-corrected chi connectivity index (χ0v) is 20.8. The number of hydrogen-bond donors (Lipinski definition) is 0. The molecule has 0 saturated carbocycles. The second-order valence-corrected chi connectivity index (χ2v) is 9.41. The number of hydrogen-bond acceptors (Lipinski definition) is 7. The van der Waals surface area contributed by atoms with Crippen LogP contribution in [0.15, 0.2) is 27.4 Å². The number of amides is 1. The van der Waals surface area contributed by atoms with Crippen LogP contribution >= 0.6 is 0 Å². The first kappa shape index (κ1) is 25.2.